The van der Waals surface area contributed by atoms with Gasteiger partial charge in [-0.05, 0) is 42.8 Å². The summed E-state index contributed by atoms with van der Waals surface area (Å²) in [5.74, 6) is 1.09. The zero-order valence-electron chi connectivity index (χ0n) is 11.7. The largest absolute Gasteiger partial charge is 0.457 e. The molecule has 0 spiro atoms. The van der Waals surface area contributed by atoms with Crippen LogP contribution in [0.4, 0.5) is 5.69 Å². The number of carbonyl (C=O) groups is 1. The number of hydrogen-bond donors (Lipinski definition) is 2. The van der Waals surface area contributed by atoms with Crippen molar-refractivity contribution in [1.29, 1.82) is 0 Å². The fraction of sp³-hybridized carbons (Fsp3) is 0.188. The minimum Gasteiger partial charge on any atom is -0.457 e. The van der Waals surface area contributed by atoms with Crippen molar-refractivity contribution >= 4 is 23.2 Å². The van der Waals surface area contributed by atoms with E-state index >= 15 is 0 Å². The van der Waals surface area contributed by atoms with E-state index in [0.717, 1.165) is 0 Å². The zero-order valence-corrected chi connectivity index (χ0v) is 12.4. The molecule has 1 unspecified atom stereocenters. The molecule has 21 heavy (non-hydrogen) atoms. The molecule has 0 heterocycles. The van der Waals surface area contributed by atoms with Crippen LogP contribution in [0.5, 0.6) is 11.5 Å². The average Bonchev–Trinajstić information content (AvgIpc) is 2.49. The highest BCUT2D eigenvalue weighted by Crippen LogP contribution is 2.25. The minimum absolute atomic E-state index is 0.207. The maximum atomic E-state index is 11.8. The summed E-state index contributed by atoms with van der Waals surface area (Å²) in [4.78, 5) is 11.8. The molecule has 2 aromatic rings. The predicted octanol–water partition coefficient (Wildman–Crippen LogP) is 3.81. The Morgan fingerprint density at radius 3 is 2.62 bits per heavy atom. The topological polar surface area (TPSA) is 64.4 Å². The number of nitrogens with two attached hydrogens (primary N) is 1. The lowest BCUT2D eigenvalue weighted by molar-refractivity contribution is -0.117. The number of benzene rings is 2. The molecule has 0 aliphatic heterocycles. The third-order valence-corrected chi connectivity index (χ3v) is 3.18. The predicted molar refractivity (Wildman–Crippen MR) is 84.9 cm³/mol. The molecule has 3 N–H and O–H groups in total. The quantitative estimate of drug-likeness (QED) is 0.883. The van der Waals surface area contributed by atoms with Gasteiger partial charge < -0.3 is 15.8 Å². The van der Waals surface area contributed by atoms with Crippen molar-refractivity contribution < 1.29 is 9.53 Å². The van der Waals surface area contributed by atoms with E-state index in [-0.39, 0.29) is 5.91 Å². The molecule has 4 nitrogen and oxygen atoms in total. The van der Waals surface area contributed by atoms with Crippen LogP contribution in [0.25, 0.3) is 0 Å². The molecule has 0 bridgehead atoms. The molecular formula is C16H17ClN2O2. The van der Waals surface area contributed by atoms with Crippen LogP contribution in [-0.2, 0) is 4.79 Å². The normalized spacial score (nSPS) is 11.8. The van der Waals surface area contributed by atoms with Crippen LogP contribution in [0.1, 0.15) is 13.3 Å². The highest BCUT2D eigenvalue weighted by atomic mass is 35.5. The molecule has 0 aliphatic rings. The number of nitrogens with one attached hydrogen (secondary N) is 1. The molecule has 2 aromatic carbocycles. The molecule has 5 heteroatoms. The highest BCUT2D eigenvalue weighted by Gasteiger charge is 2.11. The summed E-state index contributed by atoms with van der Waals surface area (Å²) >= 11 is 5.83. The summed E-state index contributed by atoms with van der Waals surface area (Å²) in [6.45, 7) is 1.87. The summed E-state index contributed by atoms with van der Waals surface area (Å²) in [5.41, 5.74) is 6.33. The molecule has 1 atom stereocenters. The molecule has 0 saturated carbocycles. The zero-order chi connectivity index (χ0) is 15.2. The first-order valence-electron chi connectivity index (χ1n) is 6.68. The number of rotatable bonds is 5. The molecule has 0 saturated heterocycles. The van der Waals surface area contributed by atoms with Crippen molar-refractivity contribution in [2.45, 2.75) is 19.4 Å². The van der Waals surface area contributed by atoms with Crippen molar-refractivity contribution in [2.75, 3.05) is 5.32 Å². The van der Waals surface area contributed by atoms with Crippen LogP contribution in [0.15, 0.2) is 48.5 Å². The second kappa shape index (κ2) is 7.11. The number of hydrogen-bond acceptors (Lipinski definition) is 3. The van der Waals surface area contributed by atoms with Gasteiger partial charge in [0, 0.05) is 16.8 Å². The maximum Gasteiger partial charge on any atom is 0.241 e. The first kappa shape index (κ1) is 15.4. The third-order valence-electron chi connectivity index (χ3n) is 2.93. The lowest BCUT2D eigenvalue weighted by atomic mass is 10.2. The van der Waals surface area contributed by atoms with E-state index in [1.165, 1.54) is 0 Å². The molecule has 1 amide bonds. The summed E-state index contributed by atoms with van der Waals surface area (Å²) in [6, 6.07) is 13.7. The van der Waals surface area contributed by atoms with E-state index in [0.29, 0.717) is 28.6 Å². The standard InChI is InChI=1S/C16H17ClN2O2/c1-2-15(18)16(20)19-12-4-3-5-14(10-12)21-13-8-6-11(17)7-9-13/h3-10,15H,2,18H2,1H3,(H,19,20). The van der Waals surface area contributed by atoms with Gasteiger partial charge >= 0.3 is 0 Å². The average molecular weight is 305 g/mol. The molecule has 0 aromatic heterocycles. The Bertz CT molecular complexity index is 614. The van der Waals surface area contributed by atoms with Crippen LogP contribution >= 0.6 is 11.6 Å². The van der Waals surface area contributed by atoms with E-state index in [1.807, 2.05) is 13.0 Å². The SMILES string of the molecule is CCC(N)C(=O)Nc1cccc(Oc2ccc(Cl)cc2)c1. The summed E-state index contributed by atoms with van der Waals surface area (Å²) in [6.07, 6.45) is 0.590. The number of halogens is 1. The van der Waals surface area contributed by atoms with E-state index < -0.39 is 6.04 Å². The van der Waals surface area contributed by atoms with Crippen molar-refractivity contribution in [2.24, 2.45) is 5.73 Å². The molecule has 2 rings (SSSR count). The molecular weight excluding hydrogens is 288 g/mol. The summed E-state index contributed by atoms with van der Waals surface area (Å²) < 4.78 is 5.70. The number of amides is 1. The Balaban J connectivity index is 2.07. The van der Waals surface area contributed by atoms with Gasteiger partial charge in [-0.15, -0.1) is 0 Å². The van der Waals surface area contributed by atoms with E-state index in [2.05, 4.69) is 5.32 Å². The lowest BCUT2D eigenvalue weighted by Crippen LogP contribution is -2.34. The van der Waals surface area contributed by atoms with Gasteiger partial charge in [0.15, 0.2) is 0 Å². The van der Waals surface area contributed by atoms with Crippen molar-refractivity contribution in [1.82, 2.24) is 0 Å². The number of anilines is 1. The Kier molecular flexibility index (Phi) is 5.20. The van der Waals surface area contributed by atoms with Crippen molar-refractivity contribution in [3.05, 3.63) is 53.6 Å². The van der Waals surface area contributed by atoms with Gasteiger partial charge in [-0.1, -0.05) is 24.6 Å². The lowest BCUT2D eigenvalue weighted by Gasteiger charge is -2.11. The number of carbonyl (C=O) groups excluding carboxylic acids is 1. The summed E-state index contributed by atoms with van der Waals surface area (Å²) in [5, 5.41) is 3.41. The van der Waals surface area contributed by atoms with Crippen LogP contribution in [0.2, 0.25) is 5.02 Å². The van der Waals surface area contributed by atoms with Gasteiger partial charge in [0.05, 0.1) is 6.04 Å². The first-order chi connectivity index (χ1) is 10.1. The molecule has 0 fully saturated rings. The van der Waals surface area contributed by atoms with Gasteiger partial charge in [-0.25, -0.2) is 0 Å². The van der Waals surface area contributed by atoms with Crippen molar-refractivity contribution in [3.8, 4) is 11.5 Å². The van der Waals surface area contributed by atoms with Gasteiger partial charge in [-0.2, -0.15) is 0 Å². The molecule has 110 valence electrons. The first-order valence-corrected chi connectivity index (χ1v) is 7.06. The van der Waals surface area contributed by atoms with E-state index in [9.17, 15) is 4.79 Å². The Morgan fingerprint density at radius 1 is 1.24 bits per heavy atom. The van der Waals surface area contributed by atoms with Crippen LogP contribution in [0, 0.1) is 0 Å². The van der Waals surface area contributed by atoms with Gasteiger partial charge in [0.1, 0.15) is 11.5 Å². The van der Waals surface area contributed by atoms with Gasteiger partial charge in [-0.3, -0.25) is 4.79 Å². The second-order valence-corrected chi connectivity index (χ2v) is 5.02. The maximum absolute atomic E-state index is 11.8. The second-order valence-electron chi connectivity index (χ2n) is 4.59. The smallest absolute Gasteiger partial charge is 0.241 e. The monoisotopic (exact) mass is 304 g/mol. The highest BCUT2D eigenvalue weighted by molar-refractivity contribution is 6.30. The van der Waals surface area contributed by atoms with Crippen LogP contribution in [-0.4, -0.2) is 11.9 Å². The Labute approximate surface area is 128 Å². The van der Waals surface area contributed by atoms with E-state index in [4.69, 9.17) is 22.1 Å². The fourth-order valence-corrected chi connectivity index (χ4v) is 1.82. The van der Waals surface area contributed by atoms with Crippen LogP contribution in [0.3, 0.4) is 0 Å². The van der Waals surface area contributed by atoms with Crippen LogP contribution < -0.4 is 15.8 Å². The van der Waals surface area contributed by atoms with Gasteiger partial charge in [0.2, 0.25) is 5.91 Å². The minimum atomic E-state index is -0.508. The third kappa shape index (κ3) is 4.48. The molecule has 0 radical (unpaired) electrons. The van der Waals surface area contributed by atoms with Crippen molar-refractivity contribution in [3.63, 3.8) is 0 Å². The molecule has 0 aliphatic carbocycles. The Morgan fingerprint density at radius 2 is 1.95 bits per heavy atom. The summed E-state index contributed by atoms with van der Waals surface area (Å²) in [7, 11) is 0. The fourth-order valence-electron chi connectivity index (χ4n) is 1.70. The van der Waals surface area contributed by atoms with E-state index in [1.54, 1.807) is 42.5 Å². The number of ether oxygens (including phenoxy) is 1. The Hall–Kier alpha value is -2.04. The van der Waals surface area contributed by atoms with Gasteiger partial charge in [0.25, 0.3) is 0 Å².